The third-order valence-electron chi connectivity index (χ3n) is 3.48. The maximum absolute atomic E-state index is 11.9. The molecule has 0 unspecified atom stereocenters. The van der Waals surface area contributed by atoms with Gasteiger partial charge in [-0.05, 0) is 48.9 Å². The van der Waals surface area contributed by atoms with Crippen LogP contribution >= 0.6 is 22.9 Å². The zero-order chi connectivity index (χ0) is 18.5. The maximum Gasteiger partial charge on any atom is 0.331 e. The van der Waals surface area contributed by atoms with Crippen molar-refractivity contribution < 1.29 is 14.3 Å². The summed E-state index contributed by atoms with van der Waals surface area (Å²) in [7, 11) is 0. The Morgan fingerprint density at radius 2 is 2.08 bits per heavy atom. The molecule has 0 radical (unpaired) electrons. The molecule has 5 nitrogen and oxygen atoms in total. The molecule has 0 aliphatic rings. The molecule has 0 aliphatic carbocycles. The van der Waals surface area contributed by atoms with E-state index in [0.717, 1.165) is 15.8 Å². The Bertz CT molecular complexity index is 964. The molecule has 3 aromatic rings. The molecule has 0 saturated heterocycles. The molecule has 7 heteroatoms. The fraction of sp³-hybridized carbons (Fsp3) is 0.105. The number of hydrogen-bond acceptors (Lipinski definition) is 5. The normalized spacial score (nSPS) is 11.0. The highest BCUT2D eigenvalue weighted by atomic mass is 35.5. The average Bonchev–Trinajstić information content (AvgIpc) is 3.03. The zero-order valence-electron chi connectivity index (χ0n) is 13.9. The van der Waals surface area contributed by atoms with E-state index in [-0.39, 0.29) is 6.61 Å². The first-order chi connectivity index (χ1) is 12.5. The molecule has 1 N–H and O–H groups in total. The highest BCUT2D eigenvalue weighted by Gasteiger charge is 2.08. The van der Waals surface area contributed by atoms with E-state index in [1.165, 1.54) is 17.4 Å². The Hall–Kier alpha value is -2.70. The van der Waals surface area contributed by atoms with Crippen LogP contribution in [0.1, 0.15) is 10.6 Å². The van der Waals surface area contributed by atoms with E-state index >= 15 is 0 Å². The Morgan fingerprint density at radius 3 is 2.85 bits per heavy atom. The van der Waals surface area contributed by atoms with E-state index < -0.39 is 11.9 Å². The van der Waals surface area contributed by atoms with Crippen molar-refractivity contribution in [2.45, 2.75) is 6.92 Å². The Labute approximate surface area is 159 Å². The molecule has 2 aromatic carbocycles. The molecule has 132 valence electrons. The molecule has 0 bridgehead atoms. The predicted molar refractivity (Wildman–Crippen MR) is 104 cm³/mol. The van der Waals surface area contributed by atoms with E-state index in [4.69, 9.17) is 16.3 Å². The standard InChI is InChI=1S/C19H15ClN2O3S/c1-12-10-13(20)6-7-14(12)21-17(23)11-25-19(24)9-8-18-22-15-4-2-3-5-16(15)26-18/h2-10H,11H2,1H3,(H,21,23)/b9-8+. The summed E-state index contributed by atoms with van der Waals surface area (Å²) < 4.78 is 5.99. The zero-order valence-corrected chi connectivity index (χ0v) is 15.4. The van der Waals surface area contributed by atoms with E-state index in [9.17, 15) is 9.59 Å². The number of anilines is 1. The van der Waals surface area contributed by atoms with Gasteiger partial charge in [0.1, 0.15) is 5.01 Å². The first-order valence-electron chi connectivity index (χ1n) is 7.78. The second kappa shape index (κ2) is 8.12. The summed E-state index contributed by atoms with van der Waals surface area (Å²) >= 11 is 7.35. The van der Waals surface area contributed by atoms with E-state index in [1.807, 2.05) is 31.2 Å². The van der Waals surface area contributed by atoms with E-state index in [0.29, 0.717) is 15.7 Å². The number of para-hydroxylation sites is 1. The Kier molecular flexibility index (Phi) is 5.65. The smallest absolute Gasteiger partial charge is 0.331 e. The predicted octanol–water partition coefficient (Wildman–Crippen LogP) is 4.45. The molecule has 1 amide bonds. The number of carbonyl (C=O) groups is 2. The monoisotopic (exact) mass is 386 g/mol. The van der Waals surface area contributed by atoms with Crippen LogP contribution in [0.5, 0.6) is 0 Å². The largest absolute Gasteiger partial charge is 0.452 e. The number of fused-ring (bicyclic) bond motifs is 1. The number of aryl methyl sites for hydroxylation is 1. The lowest BCUT2D eigenvalue weighted by Gasteiger charge is -2.08. The number of amides is 1. The number of nitrogens with zero attached hydrogens (tertiary/aromatic N) is 1. The van der Waals surface area contributed by atoms with Crippen LogP contribution < -0.4 is 5.32 Å². The number of aromatic nitrogens is 1. The fourth-order valence-corrected chi connectivity index (χ4v) is 3.34. The summed E-state index contributed by atoms with van der Waals surface area (Å²) in [5, 5.41) is 3.96. The number of carbonyl (C=O) groups excluding carboxylic acids is 2. The third-order valence-corrected chi connectivity index (χ3v) is 4.72. The number of thiazole rings is 1. The minimum atomic E-state index is -0.604. The molecule has 0 atom stereocenters. The van der Waals surface area contributed by atoms with E-state index in [1.54, 1.807) is 24.3 Å². The van der Waals surface area contributed by atoms with Gasteiger partial charge in [0.05, 0.1) is 10.2 Å². The summed E-state index contributed by atoms with van der Waals surface area (Å²) in [6, 6.07) is 12.8. The second-order valence-corrected chi connectivity index (χ2v) is 6.97. The van der Waals surface area contributed by atoms with Crippen molar-refractivity contribution in [2.24, 2.45) is 0 Å². The van der Waals surface area contributed by atoms with Gasteiger partial charge in [0, 0.05) is 16.8 Å². The number of hydrogen-bond donors (Lipinski definition) is 1. The second-order valence-electron chi connectivity index (χ2n) is 5.47. The minimum Gasteiger partial charge on any atom is -0.452 e. The number of rotatable bonds is 5. The fourth-order valence-electron chi connectivity index (χ4n) is 2.24. The van der Waals surface area contributed by atoms with Crippen molar-refractivity contribution in [3.05, 3.63) is 64.1 Å². The van der Waals surface area contributed by atoms with Crippen LogP contribution in [0.4, 0.5) is 5.69 Å². The molecule has 3 rings (SSSR count). The summed E-state index contributed by atoms with van der Waals surface area (Å²) in [5.74, 6) is -1.02. The van der Waals surface area contributed by atoms with Crippen molar-refractivity contribution in [3.8, 4) is 0 Å². The molecule has 0 fully saturated rings. The summed E-state index contributed by atoms with van der Waals surface area (Å²) in [6.45, 7) is 1.46. The summed E-state index contributed by atoms with van der Waals surface area (Å²) in [4.78, 5) is 28.0. The Balaban J connectivity index is 1.52. The van der Waals surface area contributed by atoms with Crippen LogP contribution in [-0.2, 0) is 14.3 Å². The first kappa shape index (κ1) is 18.1. The van der Waals surface area contributed by atoms with Gasteiger partial charge in [-0.2, -0.15) is 0 Å². The number of ether oxygens (including phenoxy) is 1. The quantitative estimate of drug-likeness (QED) is 0.519. The van der Waals surface area contributed by atoms with Gasteiger partial charge in [-0.1, -0.05) is 23.7 Å². The average molecular weight is 387 g/mol. The van der Waals surface area contributed by atoms with Crippen molar-refractivity contribution in [1.82, 2.24) is 4.98 Å². The highest BCUT2D eigenvalue weighted by molar-refractivity contribution is 7.19. The van der Waals surface area contributed by atoms with Crippen molar-refractivity contribution in [2.75, 3.05) is 11.9 Å². The highest BCUT2D eigenvalue weighted by Crippen LogP contribution is 2.22. The summed E-state index contributed by atoms with van der Waals surface area (Å²) in [6.07, 6.45) is 2.84. The van der Waals surface area contributed by atoms with Gasteiger partial charge in [0.2, 0.25) is 0 Å². The molecule has 0 aliphatic heterocycles. The van der Waals surface area contributed by atoms with Crippen LogP contribution in [0, 0.1) is 6.92 Å². The van der Waals surface area contributed by atoms with Crippen LogP contribution in [0.3, 0.4) is 0 Å². The van der Waals surface area contributed by atoms with Crippen LogP contribution in [0.15, 0.2) is 48.5 Å². The molecular formula is C19H15ClN2O3S. The Morgan fingerprint density at radius 1 is 1.27 bits per heavy atom. The lowest BCUT2D eigenvalue weighted by molar-refractivity contribution is -0.142. The lowest BCUT2D eigenvalue weighted by atomic mass is 10.2. The number of esters is 1. The number of benzene rings is 2. The molecule has 1 heterocycles. The number of nitrogens with one attached hydrogen (secondary N) is 1. The molecule has 0 saturated carbocycles. The SMILES string of the molecule is Cc1cc(Cl)ccc1NC(=O)COC(=O)/C=C/c1nc2ccccc2s1. The van der Waals surface area contributed by atoms with Gasteiger partial charge in [-0.25, -0.2) is 9.78 Å². The van der Waals surface area contributed by atoms with Gasteiger partial charge in [-0.15, -0.1) is 11.3 Å². The lowest BCUT2D eigenvalue weighted by Crippen LogP contribution is -2.20. The first-order valence-corrected chi connectivity index (χ1v) is 8.97. The summed E-state index contributed by atoms with van der Waals surface area (Å²) in [5.41, 5.74) is 2.33. The van der Waals surface area contributed by atoms with Gasteiger partial charge < -0.3 is 10.1 Å². The number of halogens is 1. The van der Waals surface area contributed by atoms with Crippen molar-refractivity contribution >= 4 is 56.8 Å². The van der Waals surface area contributed by atoms with Crippen molar-refractivity contribution in [3.63, 3.8) is 0 Å². The molecule has 26 heavy (non-hydrogen) atoms. The van der Waals surface area contributed by atoms with Crippen LogP contribution in [0.2, 0.25) is 5.02 Å². The minimum absolute atomic E-state index is 0.370. The maximum atomic E-state index is 11.9. The topological polar surface area (TPSA) is 68.3 Å². The van der Waals surface area contributed by atoms with Crippen molar-refractivity contribution in [1.29, 1.82) is 0 Å². The molecule has 1 aromatic heterocycles. The van der Waals surface area contributed by atoms with Crippen LogP contribution in [0.25, 0.3) is 16.3 Å². The van der Waals surface area contributed by atoms with E-state index in [2.05, 4.69) is 10.3 Å². The van der Waals surface area contributed by atoms with Gasteiger partial charge in [-0.3, -0.25) is 4.79 Å². The van der Waals surface area contributed by atoms with Gasteiger partial charge in [0.25, 0.3) is 5.91 Å². The third kappa shape index (κ3) is 4.68. The molecule has 0 spiro atoms. The van der Waals surface area contributed by atoms with Gasteiger partial charge >= 0.3 is 5.97 Å². The van der Waals surface area contributed by atoms with Gasteiger partial charge in [0.15, 0.2) is 6.61 Å². The van der Waals surface area contributed by atoms with Crippen LogP contribution in [-0.4, -0.2) is 23.5 Å². The molecular weight excluding hydrogens is 372 g/mol.